The lowest BCUT2D eigenvalue weighted by atomic mass is 9.69. The van der Waals surface area contributed by atoms with Crippen molar-refractivity contribution in [1.29, 1.82) is 0 Å². The second kappa shape index (κ2) is 7.74. The number of nitrogens with zero attached hydrogens (tertiary/aromatic N) is 2. The SMILES string of the molecule is C[C@H]1CC(=O)N2CCC[C@@](C(=O)O)(C(C)(C)C)N2C(=O)[C@H]1NC(=O)c1ccccc1. The minimum atomic E-state index is -1.59. The molecule has 0 radical (unpaired) electrons. The molecule has 3 atom stereocenters. The van der Waals surface area contributed by atoms with E-state index in [4.69, 9.17) is 0 Å². The van der Waals surface area contributed by atoms with Gasteiger partial charge < -0.3 is 10.4 Å². The molecular formula is C22H29N3O5. The average Bonchev–Trinajstić information content (AvgIpc) is 2.77. The highest BCUT2D eigenvalue weighted by Crippen LogP contribution is 2.45. The molecule has 2 N–H and O–H groups in total. The van der Waals surface area contributed by atoms with Crippen molar-refractivity contribution in [2.45, 2.75) is 58.5 Å². The Labute approximate surface area is 176 Å². The predicted molar refractivity (Wildman–Crippen MR) is 109 cm³/mol. The summed E-state index contributed by atoms with van der Waals surface area (Å²) >= 11 is 0. The fourth-order valence-electron chi connectivity index (χ4n) is 4.54. The Bertz CT molecular complexity index is 863. The number of fused-ring (bicyclic) bond motifs is 1. The van der Waals surface area contributed by atoms with Gasteiger partial charge in [-0.25, -0.2) is 9.80 Å². The lowest BCUT2D eigenvalue weighted by Crippen LogP contribution is -2.73. The topological polar surface area (TPSA) is 107 Å². The first-order chi connectivity index (χ1) is 14.0. The predicted octanol–water partition coefficient (Wildman–Crippen LogP) is 2.06. The average molecular weight is 415 g/mol. The van der Waals surface area contributed by atoms with E-state index in [-0.39, 0.29) is 25.3 Å². The molecule has 0 bridgehead atoms. The highest BCUT2D eigenvalue weighted by Gasteiger charge is 2.61. The Morgan fingerprint density at radius 2 is 1.80 bits per heavy atom. The van der Waals surface area contributed by atoms with E-state index in [0.717, 1.165) is 5.01 Å². The number of carboxylic acid groups (broad SMARTS) is 1. The molecule has 8 heteroatoms. The fraction of sp³-hybridized carbons (Fsp3) is 0.545. The minimum absolute atomic E-state index is 0.0435. The maximum atomic E-state index is 13.7. The number of rotatable bonds is 3. The molecule has 30 heavy (non-hydrogen) atoms. The Balaban J connectivity index is 2.05. The molecule has 1 aromatic rings. The van der Waals surface area contributed by atoms with E-state index in [0.29, 0.717) is 12.0 Å². The molecular weight excluding hydrogens is 386 g/mol. The first-order valence-corrected chi connectivity index (χ1v) is 10.2. The number of hydrogen-bond acceptors (Lipinski definition) is 4. The van der Waals surface area contributed by atoms with E-state index < -0.39 is 40.7 Å². The van der Waals surface area contributed by atoms with Gasteiger partial charge in [-0.05, 0) is 36.3 Å². The van der Waals surface area contributed by atoms with Gasteiger partial charge in [0.05, 0.1) is 0 Å². The highest BCUT2D eigenvalue weighted by atomic mass is 16.4. The molecule has 2 aliphatic rings. The smallest absolute Gasteiger partial charge is 0.332 e. The Kier molecular flexibility index (Phi) is 5.62. The van der Waals surface area contributed by atoms with Crippen molar-refractivity contribution in [3.05, 3.63) is 35.9 Å². The summed E-state index contributed by atoms with van der Waals surface area (Å²) in [5.41, 5.74) is -2.03. The van der Waals surface area contributed by atoms with Crippen LogP contribution >= 0.6 is 0 Å². The van der Waals surface area contributed by atoms with E-state index in [2.05, 4.69) is 5.32 Å². The Morgan fingerprint density at radius 3 is 2.37 bits per heavy atom. The van der Waals surface area contributed by atoms with Crippen LogP contribution in [0, 0.1) is 11.3 Å². The lowest BCUT2D eigenvalue weighted by Gasteiger charge is -2.55. The van der Waals surface area contributed by atoms with Gasteiger partial charge in [-0.15, -0.1) is 0 Å². The molecule has 8 nitrogen and oxygen atoms in total. The molecule has 0 aliphatic carbocycles. The number of amides is 3. The number of carbonyl (C=O) groups excluding carboxylic acids is 3. The molecule has 2 saturated heterocycles. The van der Waals surface area contributed by atoms with Crippen LogP contribution in [0.15, 0.2) is 30.3 Å². The van der Waals surface area contributed by atoms with Crippen LogP contribution in [0.25, 0.3) is 0 Å². The van der Waals surface area contributed by atoms with Crippen LogP contribution in [-0.4, -0.2) is 56.9 Å². The second-order valence-electron chi connectivity index (χ2n) is 9.18. The molecule has 0 aromatic heterocycles. The van der Waals surface area contributed by atoms with Gasteiger partial charge in [-0.2, -0.15) is 0 Å². The maximum absolute atomic E-state index is 13.7. The maximum Gasteiger partial charge on any atom is 0.332 e. The minimum Gasteiger partial charge on any atom is -0.479 e. The van der Waals surface area contributed by atoms with Crippen molar-refractivity contribution in [1.82, 2.24) is 15.3 Å². The fourth-order valence-corrected chi connectivity index (χ4v) is 4.54. The summed E-state index contributed by atoms with van der Waals surface area (Å²) in [5, 5.41) is 15.4. The van der Waals surface area contributed by atoms with Gasteiger partial charge in [0.25, 0.3) is 11.8 Å². The van der Waals surface area contributed by atoms with Crippen molar-refractivity contribution in [2.24, 2.45) is 11.3 Å². The Hall–Kier alpha value is -2.90. The zero-order valence-corrected chi connectivity index (χ0v) is 17.8. The van der Waals surface area contributed by atoms with Crippen LogP contribution in [0.4, 0.5) is 0 Å². The third-order valence-corrected chi connectivity index (χ3v) is 6.26. The number of hydrogen-bond donors (Lipinski definition) is 2. The number of carboxylic acids is 1. The third-order valence-electron chi connectivity index (χ3n) is 6.26. The van der Waals surface area contributed by atoms with Gasteiger partial charge in [0.1, 0.15) is 6.04 Å². The Morgan fingerprint density at radius 1 is 1.17 bits per heavy atom. The highest BCUT2D eigenvalue weighted by molar-refractivity contribution is 6.00. The van der Waals surface area contributed by atoms with Crippen LogP contribution in [0.5, 0.6) is 0 Å². The largest absolute Gasteiger partial charge is 0.479 e. The number of hydrazine groups is 1. The number of nitrogens with one attached hydrogen (secondary N) is 1. The van der Waals surface area contributed by atoms with Crippen LogP contribution in [0.3, 0.4) is 0 Å². The summed E-state index contributed by atoms with van der Waals surface area (Å²) in [7, 11) is 0. The van der Waals surface area contributed by atoms with Crippen LogP contribution < -0.4 is 5.32 Å². The quantitative estimate of drug-likeness (QED) is 0.786. The normalized spacial score (nSPS) is 27.3. The van der Waals surface area contributed by atoms with Crippen LogP contribution in [-0.2, 0) is 14.4 Å². The van der Waals surface area contributed by atoms with Gasteiger partial charge in [-0.1, -0.05) is 45.9 Å². The molecule has 2 fully saturated rings. The van der Waals surface area contributed by atoms with E-state index >= 15 is 0 Å². The van der Waals surface area contributed by atoms with Crippen molar-refractivity contribution in [2.75, 3.05) is 6.54 Å². The summed E-state index contributed by atoms with van der Waals surface area (Å²) in [4.78, 5) is 52.0. The molecule has 1 aromatic carbocycles. The molecule has 0 spiro atoms. The third kappa shape index (κ3) is 3.44. The van der Waals surface area contributed by atoms with Crippen molar-refractivity contribution < 1.29 is 24.3 Å². The van der Waals surface area contributed by atoms with E-state index in [1.165, 1.54) is 5.01 Å². The monoisotopic (exact) mass is 415 g/mol. The molecule has 2 heterocycles. The molecule has 3 rings (SSSR count). The molecule has 0 unspecified atom stereocenters. The standard InChI is InChI=1S/C22H29N3O5/c1-14-13-16(26)24-12-8-11-22(20(29)30,21(2,3)4)25(24)19(28)17(14)23-18(27)15-9-6-5-7-10-15/h5-7,9-10,14,17H,8,11-13H2,1-4H3,(H,23,27)(H,29,30)/t14-,17-,22+/m0/s1. The van der Waals surface area contributed by atoms with Crippen LogP contribution in [0.2, 0.25) is 0 Å². The van der Waals surface area contributed by atoms with Crippen molar-refractivity contribution in [3.8, 4) is 0 Å². The van der Waals surface area contributed by atoms with E-state index in [1.807, 2.05) is 0 Å². The molecule has 3 amide bonds. The molecule has 2 aliphatic heterocycles. The van der Waals surface area contributed by atoms with Gasteiger partial charge in [-0.3, -0.25) is 19.4 Å². The first kappa shape index (κ1) is 21.8. The molecule has 0 saturated carbocycles. The second-order valence-corrected chi connectivity index (χ2v) is 9.18. The summed E-state index contributed by atoms with van der Waals surface area (Å²) < 4.78 is 0. The number of carbonyl (C=O) groups is 4. The van der Waals surface area contributed by atoms with E-state index in [1.54, 1.807) is 58.0 Å². The van der Waals surface area contributed by atoms with Crippen molar-refractivity contribution in [3.63, 3.8) is 0 Å². The van der Waals surface area contributed by atoms with Gasteiger partial charge >= 0.3 is 5.97 Å². The summed E-state index contributed by atoms with van der Waals surface area (Å²) in [6.45, 7) is 7.28. The zero-order chi connectivity index (χ0) is 22.3. The van der Waals surface area contributed by atoms with Gasteiger partial charge in [0.15, 0.2) is 5.54 Å². The van der Waals surface area contributed by atoms with Crippen molar-refractivity contribution >= 4 is 23.7 Å². The summed E-state index contributed by atoms with van der Waals surface area (Å²) in [6, 6.07) is 7.49. The number of benzene rings is 1. The zero-order valence-electron chi connectivity index (χ0n) is 17.8. The number of aliphatic carboxylic acids is 1. The van der Waals surface area contributed by atoms with Gasteiger partial charge in [0, 0.05) is 18.5 Å². The van der Waals surface area contributed by atoms with E-state index in [9.17, 15) is 24.3 Å². The lowest BCUT2D eigenvalue weighted by molar-refractivity contribution is -0.210. The first-order valence-electron chi connectivity index (χ1n) is 10.2. The summed E-state index contributed by atoms with van der Waals surface area (Å²) in [5.74, 6) is -2.93. The molecule has 162 valence electrons. The van der Waals surface area contributed by atoms with Crippen LogP contribution in [0.1, 0.15) is 57.3 Å². The van der Waals surface area contributed by atoms with Gasteiger partial charge in [0.2, 0.25) is 5.91 Å². The summed E-state index contributed by atoms with van der Waals surface area (Å²) in [6.07, 6.45) is 0.755.